The van der Waals surface area contributed by atoms with E-state index >= 15 is 0 Å². The summed E-state index contributed by atoms with van der Waals surface area (Å²) in [5.41, 5.74) is 2.72. The quantitative estimate of drug-likeness (QED) is 0.896. The highest BCUT2D eigenvalue weighted by atomic mass is 35.5. The Labute approximate surface area is 112 Å². The lowest BCUT2D eigenvalue weighted by Gasteiger charge is -2.14. The Morgan fingerprint density at radius 1 is 1.06 bits per heavy atom. The van der Waals surface area contributed by atoms with Crippen LogP contribution in [0.2, 0.25) is 5.02 Å². The van der Waals surface area contributed by atoms with Crippen molar-refractivity contribution in [2.45, 2.75) is 20.5 Å². The molecule has 0 aromatic heterocycles. The van der Waals surface area contributed by atoms with Gasteiger partial charge in [0.25, 0.3) is 0 Å². The first-order valence-corrected chi connectivity index (χ1v) is 6.13. The molecule has 0 atom stereocenters. The van der Waals surface area contributed by atoms with Crippen molar-refractivity contribution < 1.29 is 9.84 Å². The van der Waals surface area contributed by atoms with Crippen LogP contribution < -0.4 is 4.74 Å². The summed E-state index contributed by atoms with van der Waals surface area (Å²) in [6.45, 7) is 3.84. The zero-order valence-corrected chi connectivity index (χ0v) is 11.2. The molecule has 0 fully saturated rings. The van der Waals surface area contributed by atoms with Crippen molar-refractivity contribution in [1.29, 1.82) is 0 Å². The van der Waals surface area contributed by atoms with Gasteiger partial charge in [0.15, 0.2) is 0 Å². The highest BCUT2D eigenvalue weighted by Gasteiger charge is 2.10. The van der Waals surface area contributed by atoms with Gasteiger partial charge < -0.3 is 9.84 Å². The fraction of sp³-hybridized carbons (Fsp3) is 0.200. The number of halogens is 1. The zero-order chi connectivity index (χ0) is 13.1. The van der Waals surface area contributed by atoms with E-state index in [0.29, 0.717) is 16.3 Å². The summed E-state index contributed by atoms with van der Waals surface area (Å²) in [6, 6.07) is 11.3. The van der Waals surface area contributed by atoms with E-state index in [1.54, 1.807) is 6.07 Å². The molecule has 0 radical (unpaired) electrons. The minimum Gasteiger partial charge on any atom is -0.456 e. The van der Waals surface area contributed by atoms with Gasteiger partial charge in [-0.2, -0.15) is 0 Å². The summed E-state index contributed by atoms with van der Waals surface area (Å²) < 4.78 is 5.90. The van der Waals surface area contributed by atoms with Crippen LogP contribution in [0.25, 0.3) is 0 Å². The van der Waals surface area contributed by atoms with Crippen LogP contribution >= 0.6 is 11.6 Å². The van der Waals surface area contributed by atoms with Crippen LogP contribution in [0.1, 0.15) is 16.7 Å². The topological polar surface area (TPSA) is 29.5 Å². The normalized spacial score (nSPS) is 10.4. The molecular weight excluding hydrogens is 248 g/mol. The summed E-state index contributed by atoms with van der Waals surface area (Å²) in [5.74, 6) is 1.41. The number of aliphatic hydroxyl groups excluding tert-OH is 1. The van der Waals surface area contributed by atoms with Crippen molar-refractivity contribution >= 4 is 11.6 Å². The summed E-state index contributed by atoms with van der Waals surface area (Å²) in [6.07, 6.45) is 0. The standard InChI is InChI=1S/C15H15ClO2/c1-10-5-3-6-11(2)15(10)18-14-8-4-7-13(16)12(14)9-17/h3-8,17H,9H2,1-2H3. The minimum atomic E-state index is -0.139. The Balaban J connectivity index is 2.43. The van der Waals surface area contributed by atoms with Crippen molar-refractivity contribution in [3.63, 3.8) is 0 Å². The Bertz CT molecular complexity index is 544. The maximum absolute atomic E-state index is 9.35. The first-order chi connectivity index (χ1) is 8.63. The third-order valence-electron chi connectivity index (χ3n) is 2.85. The molecular formula is C15H15ClO2. The molecule has 0 saturated carbocycles. The molecule has 3 heteroatoms. The van der Waals surface area contributed by atoms with E-state index in [-0.39, 0.29) is 6.61 Å². The molecule has 0 bridgehead atoms. The lowest BCUT2D eigenvalue weighted by atomic mass is 10.1. The number of rotatable bonds is 3. The third-order valence-corrected chi connectivity index (χ3v) is 3.21. The van der Waals surface area contributed by atoms with Crippen LogP contribution in [0.15, 0.2) is 36.4 Å². The smallest absolute Gasteiger partial charge is 0.134 e. The number of aliphatic hydroxyl groups is 1. The second-order valence-electron chi connectivity index (χ2n) is 4.20. The van der Waals surface area contributed by atoms with Gasteiger partial charge in [0, 0.05) is 10.6 Å². The van der Waals surface area contributed by atoms with Crippen molar-refractivity contribution in [3.05, 3.63) is 58.1 Å². The van der Waals surface area contributed by atoms with Crippen LogP contribution in [-0.2, 0) is 6.61 Å². The Morgan fingerprint density at radius 2 is 1.67 bits per heavy atom. The summed E-state index contributed by atoms with van der Waals surface area (Å²) in [7, 11) is 0. The van der Waals surface area contributed by atoms with E-state index in [4.69, 9.17) is 16.3 Å². The molecule has 2 rings (SSSR count). The molecule has 0 spiro atoms. The first kappa shape index (κ1) is 12.9. The lowest BCUT2D eigenvalue weighted by Crippen LogP contribution is -1.95. The molecule has 2 aromatic rings. The molecule has 2 nitrogen and oxygen atoms in total. The molecule has 0 saturated heterocycles. The highest BCUT2D eigenvalue weighted by Crippen LogP contribution is 2.33. The summed E-state index contributed by atoms with van der Waals surface area (Å²) >= 11 is 6.04. The number of hydrogen-bond donors (Lipinski definition) is 1. The summed E-state index contributed by atoms with van der Waals surface area (Å²) in [4.78, 5) is 0. The first-order valence-electron chi connectivity index (χ1n) is 5.76. The van der Waals surface area contributed by atoms with Gasteiger partial charge in [-0.3, -0.25) is 0 Å². The second-order valence-corrected chi connectivity index (χ2v) is 4.60. The Morgan fingerprint density at radius 3 is 2.28 bits per heavy atom. The fourth-order valence-electron chi connectivity index (χ4n) is 1.86. The molecule has 2 aromatic carbocycles. The average Bonchev–Trinajstić information content (AvgIpc) is 2.34. The van der Waals surface area contributed by atoms with Gasteiger partial charge in [-0.15, -0.1) is 0 Å². The van der Waals surface area contributed by atoms with E-state index in [2.05, 4.69) is 0 Å². The zero-order valence-electron chi connectivity index (χ0n) is 10.4. The molecule has 0 aliphatic rings. The monoisotopic (exact) mass is 262 g/mol. The molecule has 0 heterocycles. The highest BCUT2D eigenvalue weighted by molar-refractivity contribution is 6.31. The van der Waals surface area contributed by atoms with Gasteiger partial charge in [-0.05, 0) is 37.1 Å². The van der Waals surface area contributed by atoms with Crippen molar-refractivity contribution in [1.82, 2.24) is 0 Å². The molecule has 0 aliphatic heterocycles. The molecule has 18 heavy (non-hydrogen) atoms. The number of para-hydroxylation sites is 1. The van der Waals surface area contributed by atoms with E-state index in [0.717, 1.165) is 16.9 Å². The molecule has 1 N–H and O–H groups in total. The maximum Gasteiger partial charge on any atom is 0.134 e. The van der Waals surface area contributed by atoms with Gasteiger partial charge in [0.2, 0.25) is 0 Å². The van der Waals surface area contributed by atoms with Crippen molar-refractivity contribution in [2.75, 3.05) is 0 Å². The minimum absolute atomic E-state index is 0.139. The maximum atomic E-state index is 9.35. The number of hydrogen-bond acceptors (Lipinski definition) is 2. The Hall–Kier alpha value is -1.51. The predicted octanol–water partition coefficient (Wildman–Crippen LogP) is 4.24. The van der Waals surface area contributed by atoms with Gasteiger partial charge in [-0.1, -0.05) is 35.9 Å². The second kappa shape index (κ2) is 5.42. The van der Waals surface area contributed by atoms with Crippen molar-refractivity contribution in [3.8, 4) is 11.5 Å². The van der Waals surface area contributed by atoms with Crippen LogP contribution in [0.3, 0.4) is 0 Å². The van der Waals surface area contributed by atoms with Crippen LogP contribution in [0.5, 0.6) is 11.5 Å². The summed E-state index contributed by atoms with van der Waals surface area (Å²) in [5, 5.41) is 9.87. The van der Waals surface area contributed by atoms with Gasteiger partial charge in [-0.25, -0.2) is 0 Å². The number of aryl methyl sites for hydroxylation is 2. The predicted molar refractivity (Wildman–Crippen MR) is 73.4 cm³/mol. The molecule has 0 unspecified atom stereocenters. The number of ether oxygens (including phenoxy) is 1. The SMILES string of the molecule is Cc1cccc(C)c1Oc1cccc(Cl)c1CO. The van der Waals surface area contributed by atoms with Gasteiger partial charge in [0.05, 0.1) is 6.61 Å². The largest absolute Gasteiger partial charge is 0.456 e. The Kier molecular flexibility index (Phi) is 3.90. The average molecular weight is 263 g/mol. The molecule has 0 amide bonds. The van der Waals surface area contributed by atoms with E-state index in [9.17, 15) is 5.11 Å². The van der Waals surface area contributed by atoms with E-state index in [1.165, 1.54) is 0 Å². The number of benzene rings is 2. The third kappa shape index (κ3) is 2.50. The lowest BCUT2D eigenvalue weighted by molar-refractivity contribution is 0.276. The van der Waals surface area contributed by atoms with E-state index in [1.807, 2.05) is 44.2 Å². The van der Waals surface area contributed by atoms with Crippen LogP contribution in [0.4, 0.5) is 0 Å². The van der Waals surface area contributed by atoms with Gasteiger partial charge in [0.1, 0.15) is 11.5 Å². The van der Waals surface area contributed by atoms with E-state index < -0.39 is 0 Å². The fourth-order valence-corrected chi connectivity index (χ4v) is 2.08. The van der Waals surface area contributed by atoms with Gasteiger partial charge >= 0.3 is 0 Å². The van der Waals surface area contributed by atoms with Crippen LogP contribution in [0, 0.1) is 13.8 Å². The van der Waals surface area contributed by atoms with Crippen LogP contribution in [-0.4, -0.2) is 5.11 Å². The molecule has 0 aliphatic carbocycles. The molecule has 94 valence electrons. The van der Waals surface area contributed by atoms with Crippen molar-refractivity contribution in [2.24, 2.45) is 0 Å².